The number of rotatable bonds is 5. The molecule has 0 bridgehead atoms. The summed E-state index contributed by atoms with van der Waals surface area (Å²) in [6, 6.07) is 0. The van der Waals surface area contributed by atoms with Crippen LogP contribution in [0.1, 0.15) is 32.8 Å². The Balaban J connectivity index is 2.05. The first-order chi connectivity index (χ1) is 9.61. The Morgan fingerprint density at radius 2 is 1.90 bits per heavy atom. The number of halogens is 1. The zero-order valence-corrected chi connectivity index (χ0v) is 13.5. The molecule has 1 fully saturated rings. The van der Waals surface area contributed by atoms with Gasteiger partial charge in [0.1, 0.15) is 17.3 Å². The average molecular weight is 297 g/mol. The number of anilines is 1. The molecule has 0 aromatic carbocycles. The molecule has 1 aromatic rings. The Kier molecular flexibility index (Phi) is 5.61. The lowest BCUT2D eigenvalue weighted by molar-refractivity contribution is 0.230. The highest BCUT2D eigenvalue weighted by Gasteiger charge is 2.21. The van der Waals surface area contributed by atoms with Gasteiger partial charge in [0.2, 0.25) is 0 Å². The fourth-order valence-corrected chi connectivity index (χ4v) is 3.00. The monoisotopic (exact) mass is 296 g/mol. The van der Waals surface area contributed by atoms with E-state index in [0.29, 0.717) is 5.15 Å². The van der Waals surface area contributed by atoms with Crippen LogP contribution in [0.4, 0.5) is 5.82 Å². The van der Waals surface area contributed by atoms with Crippen LogP contribution in [0.15, 0.2) is 6.33 Å². The topological polar surface area (TPSA) is 32.3 Å². The lowest BCUT2D eigenvalue weighted by atomic mass is 10.1. The molecule has 4 nitrogen and oxygen atoms in total. The minimum absolute atomic E-state index is 0.612. The Hall–Kier alpha value is -0.870. The largest absolute Gasteiger partial charge is 0.354 e. The third kappa shape index (κ3) is 3.83. The zero-order valence-electron chi connectivity index (χ0n) is 12.8. The van der Waals surface area contributed by atoms with E-state index >= 15 is 0 Å². The van der Waals surface area contributed by atoms with Crippen LogP contribution >= 0.6 is 11.6 Å². The lowest BCUT2D eigenvalue weighted by Crippen LogP contribution is -2.48. The van der Waals surface area contributed by atoms with Gasteiger partial charge in [-0.05, 0) is 12.3 Å². The van der Waals surface area contributed by atoms with Crippen LogP contribution in [0.2, 0.25) is 5.15 Å². The average Bonchev–Trinajstić information content (AvgIpc) is 2.42. The molecule has 2 rings (SSSR count). The second kappa shape index (κ2) is 7.23. The summed E-state index contributed by atoms with van der Waals surface area (Å²) in [7, 11) is 0. The van der Waals surface area contributed by atoms with Crippen LogP contribution in [-0.2, 0) is 6.42 Å². The van der Waals surface area contributed by atoms with Crippen molar-refractivity contribution in [2.24, 2.45) is 5.92 Å². The minimum Gasteiger partial charge on any atom is -0.354 e. The Morgan fingerprint density at radius 3 is 2.50 bits per heavy atom. The normalized spacial score (nSPS) is 16.9. The molecule has 20 heavy (non-hydrogen) atoms. The van der Waals surface area contributed by atoms with E-state index in [1.165, 1.54) is 6.54 Å². The van der Waals surface area contributed by atoms with Crippen LogP contribution in [0.25, 0.3) is 0 Å². The van der Waals surface area contributed by atoms with Crippen molar-refractivity contribution < 1.29 is 0 Å². The fourth-order valence-electron chi connectivity index (χ4n) is 2.78. The molecule has 0 N–H and O–H groups in total. The van der Waals surface area contributed by atoms with Crippen molar-refractivity contribution in [3.8, 4) is 0 Å². The molecule has 0 atom stereocenters. The van der Waals surface area contributed by atoms with Crippen molar-refractivity contribution in [2.75, 3.05) is 37.6 Å². The van der Waals surface area contributed by atoms with Crippen LogP contribution in [0.3, 0.4) is 0 Å². The predicted molar refractivity (Wildman–Crippen MR) is 84.5 cm³/mol. The van der Waals surface area contributed by atoms with Crippen molar-refractivity contribution >= 4 is 17.4 Å². The lowest BCUT2D eigenvalue weighted by Gasteiger charge is -2.36. The maximum Gasteiger partial charge on any atom is 0.137 e. The SMILES string of the molecule is CCCc1c(Cl)ncnc1N1CCN(CC(C)C)CC1. The zero-order chi connectivity index (χ0) is 14.5. The van der Waals surface area contributed by atoms with Gasteiger partial charge < -0.3 is 4.90 Å². The summed E-state index contributed by atoms with van der Waals surface area (Å²) in [5.74, 6) is 1.77. The molecule has 0 spiro atoms. The summed E-state index contributed by atoms with van der Waals surface area (Å²) in [4.78, 5) is 13.5. The maximum absolute atomic E-state index is 6.24. The Labute approximate surface area is 127 Å². The van der Waals surface area contributed by atoms with Crippen LogP contribution < -0.4 is 4.90 Å². The van der Waals surface area contributed by atoms with E-state index < -0.39 is 0 Å². The Morgan fingerprint density at radius 1 is 1.20 bits per heavy atom. The number of aromatic nitrogens is 2. The highest BCUT2D eigenvalue weighted by molar-refractivity contribution is 6.30. The first-order valence-electron chi connectivity index (χ1n) is 7.58. The van der Waals surface area contributed by atoms with Gasteiger partial charge in [-0.15, -0.1) is 0 Å². The van der Waals surface area contributed by atoms with Gasteiger partial charge in [0.15, 0.2) is 0 Å². The van der Waals surface area contributed by atoms with Crippen molar-refractivity contribution in [2.45, 2.75) is 33.6 Å². The van der Waals surface area contributed by atoms with E-state index in [4.69, 9.17) is 11.6 Å². The van der Waals surface area contributed by atoms with Gasteiger partial charge in [-0.3, -0.25) is 4.90 Å². The summed E-state index contributed by atoms with van der Waals surface area (Å²) in [5.41, 5.74) is 1.11. The molecule has 0 aliphatic carbocycles. The quantitative estimate of drug-likeness (QED) is 0.782. The minimum atomic E-state index is 0.612. The highest BCUT2D eigenvalue weighted by atomic mass is 35.5. The number of hydrogen-bond donors (Lipinski definition) is 0. The molecular formula is C15H25ClN4. The Bertz CT molecular complexity index is 428. The molecule has 0 saturated carbocycles. The summed E-state index contributed by atoms with van der Waals surface area (Å²) in [5, 5.41) is 0.612. The fraction of sp³-hybridized carbons (Fsp3) is 0.733. The van der Waals surface area contributed by atoms with Gasteiger partial charge >= 0.3 is 0 Å². The second-order valence-corrected chi connectivity index (χ2v) is 6.26. The van der Waals surface area contributed by atoms with E-state index in [9.17, 15) is 0 Å². The third-order valence-corrected chi connectivity index (χ3v) is 3.99. The first-order valence-corrected chi connectivity index (χ1v) is 7.96. The molecule has 5 heteroatoms. The van der Waals surface area contributed by atoms with Crippen LogP contribution in [-0.4, -0.2) is 47.6 Å². The molecule has 2 heterocycles. The van der Waals surface area contributed by atoms with E-state index in [0.717, 1.165) is 56.3 Å². The molecular weight excluding hydrogens is 272 g/mol. The number of nitrogens with zero attached hydrogens (tertiary/aromatic N) is 4. The van der Waals surface area contributed by atoms with Crippen molar-refractivity contribution in [3.05, 3.63) is 17.0 Å². The molecule has 0 amide bonds. The number of hydrogen-bond acceptors (Lipinski definition) is 4. The summed E-state index contributed by atoms with van der Waals surface area (Å²) < 4.78 is 0. The summed E-state index contributed by atoms with van der Waals surface area (Å²) in [6.45, 7) is 12.1. The van der Waals surface area contributed by atoms with Gasteiger partial charge in [-0.1, -0.05) is 38.8 Å². The van der Waals surface area contributed by atoms with Crippen molar-refractivity contribution in [1.29, 1.82) is 0 Å². The van der Waals surface area contributed by atoms with Crippen LogP contribution in [0, 0.1) is 5.92 Å². The first kappa shape index (κ1) is 15.5. The van der Waals surface area contributed by atoms with E-state index in [-0.39, 0.29) is 0 Å². The van der Waals surface area contributed by atoms with E-state index in [1.807, 2.05) is 0 Å². The highest BCUT2D eigenvalue weighted by Crippen LogP contribution is 2.25. The standard InChI is InChI=1S/C15H25ClN4/c1-4-5-13-14(16)17-11-18-15(13)20-8-6-19(7-9-20)10-12(2)3/h11-12H,4-10H2,1-3H3. The van der Waals surface area contributed by atoms with Gasteiger partial charge in [0, 0.05) is 38.3 Å². The van der Waals surface area contributed by atoms with E-state index in [1.54, 1.807) is 6.33 Å². The number of piperazine rings is 1. The molecule has 1 saturated heterocycles. The molecule has 0 radical (unpaired) electrons. The van der Waals surface area contributed by atoms with Crippen molar-refractivity contribution in [3.63, 3.8) is 0 Å². The van der Waals surface area contributed by atoms with Gasteiger partial charge in [0.05, 0.1) is 0 Å². The summed E-state index contributed by atoms with van der Waals surface area (Å²) >= 11 is 6.24. The predicted octanol–water partition coefficient (Wildman–Crippen LogP) is 2.86. The van der Waals surface area contributed by atoms with Gasteiger partial charge in [-0.25, -0.2) is 9.97 Å². The smallest absolute Gasteiger partial charge is 0.137 e. The van der Waals surface area contributed by atoms with Crippen LogP contribution in [0.5, 0.6) is 0 Å². The van der Waals surface area contributed by atoms with Crippen molar-refractivity contribution in [1.82, 2.24) is 14.9 Å². The van der Waals surface area contributed by atoms with Gasteiger partial charge in [0.25, 0.3) is 0 Å². The molecule has 1 aliphatic rings. The van der Waals surface area contributed by atoms with Gasteiger partial charge in [-0.2, -0.15) is 0 Å². The third-order valence-electron chi connectivity index (χ3n) is 3.67. The maximum atomic E-state index is 6.24. The molecule has 112 valence electrons. The second-order valence-electron chi connectivity index (χ2n) is 5.90. The molecule has 1 aliphatic heterocycles. The van der Waals surface area contributed by atoms with E-state index in [2.05, 4.69) is 40.5 Å². The summed E-state index contributed by atoms with van der Waals surface area (Å²) in [6.07, 6.45) is 3.59. The molecule has 1 aromatic heterocycles. The molecule has 0 unspecified atom stereocenters.